The molecule has 0 aliphatic carbocycles. The lowest BCUT2D eigenvalue weighted by atomic mass is 9.86. The minimum Gasteiger partial charge on any atom is -0.451 e. The first-order chi connectivity index (χ1) is 9.66. The van der Waals surface area contributed by atoms with E-state index in [4.69, 9.17) is 4.74 Å². The van der Waals surface area contributed by atoms with Crippen LogP contribution in [0.4, 0.5) is 0 Å². The molecule has 4 nitrogen and oxygen atoms in total. The first-order valence-corrected chi connectivity index (χ1v) is 7.27. The Bertz CT molecular complexity index is 490. The number of aliphatic hydroxyl groups excluding tert-OH is 1. The number of hydrogen-bond acceptors (Lipinski definition) is 4. The van der Waals surface area contributed by atoms with Gasteiger partial charge in [-0.2, -0.15) is 0 Å². The normalized spacial score (nSPS) is 33.1. The Morgan fingerprint density at radius 2 is 2.10 bits per heavy atom. The number of benzene rings is 1. The zero-order valence-corrected chi connectivity index (χ0v) is 11.8. The lowest BCUT2D eigenvalue weighted by Gasteiger charge is -2.45. The largest absolute Gasteiger partial charge is 0.451 e. The van der Waals surface area contributed by atoms with Gasteiger partial charge in [-0.3, -0.25) is 4.90 Å². The molecule has 0 radical (unpaired) electrons. The number of fused-ring (bicyclic) bond motifs is 2. The molecule has 2 bridgehead atoms. The Labute approximate surface area is 119 Å². The molecule has 1 aromatic rings. The van der Waals surface area contributed by atoms with Crippen molar-refractivity contribution in [2.45, 2.75) is 43.4 Å². The zero-order valence-electron chi connectivity index (χ0n) is 11.8. The molecule has 1 N–H and O–H groups in total. The van der Waals surface area contributed by atoms with Gasteiger partial charge in [0.1, 0.15) is 0 Å². The third-order valence-electron chi connectivity index (χ3n) is 4.92. The zero-order chi connectivity index (χ0) is 14.2. The number of carbonyl (C=O) groups is 1. The molecule has 0 aromatic heterocycles. The molecular weight excluding hydrogens is 254 g/mol. The van der Waals surface area contributed by atoms with Crippen LogP contribution in [0.15, 0.2) is 30.3 Å². The number of ether oxygens (including phenoxy) is 1. The van der Waals surface area contributed by atoms with Gasteiger partial charge in [0.05, 0.1) is 18.2 Å². The standard InChI is InChI=1S/C16H21NO3/c1-17-13-7-8-14(17)16(11-18,10-9-13)20-15(19)12-5-3-2-4-6-12/h2-6,13-14,18H,7-11H2,1H3. The molecule has 2 heterocycles. The monoisotopic (exact) mass is 275 g/mol. The minimum atomic E-state index is -0.741. The van der Waals surface area contributed by atoms with Crippen molar-refractivity contribution in [3.63, 3.8) is 0 Å². The third kappa shape index (κ3) is 2.13. The minimum absolute atomic E-state index is 0.104. The summed E-state index contributed by atoms with van der Waals surface area (Å²) in [4.78, 5) is 14.6. The topological polar surface area (TPSA) is 49.8 Å². The van der Waals surface area contributed by atoms with Crippen molar-refractivity contribution >= 4 is 5.97 Å². The van der Waals surface area contributed by atoms with Crippen LogP contribution in [0.3, 0.4) is 0 Å². The van der Waals surface area contributed by atoms with Crippen molar-refractivity contribution in [2.24, 2.45) is 0 Å². The summed E-state index contributed by atoms with van der Waals surface area (Å²) in [5, 5.41) is 9.87. The number of nitrogens with zero attached hydrogens (tertiary/aromatic N) is 1. The second-order valence-corrected chi connectivity index (χ2v) is 5.93. The summed E-state index contributed by atoms with van der Waals surface area (Å²) in [6, 6.07) is 9.72. The predicted molar refractivity (Wildman–Crippen MR) is 75.5 cm³/mol. The molecule has 0 spiro atoms. The summed E-state index contributed by atoms with van der Waals surface area (Å²) in [6.45, 7) is -0.104. The summed E-state index contributed by atoms with van der Waals surface area (Å²) in [7, 11) is 2.07. The summed E-state index contributed by atoms with van der Waals surface area (Å²) in [5.74, 6) is -0.335. The molecule has 20 heavy (non-hydrogen) atoms. The van der Waals surface area contributed by atoms with Gasteiger partial charge >= 0.3 is 5.97 Å². The van der Waals surface area contributed by atoms with Gasteiger partial charge in [-0.1, -0.05) is 18.2 Å². The maximum Gasteiger partial charge on any atom is 0.338 e. The van der Waals surface area contributed by atoms with E-state index in [1.807, 2.05) is 18.2 Å². The SMILES string of the molecule is CN1C2CCC1C(CO)(OC(=O)c1ccccc1)CC2. The van der Waals surface area contributed by atoms with Crippen LogP contribution >= 0.6 is 0 Å². The van der Waals surface area contributed by atoms with Crippen molar-refractivity contribution in [3.05, 3.63) is 35.9 Å². The fraction of sp³-hybridized carbons (Fsp3) is 0.562. The maximum atomic E-state index is 12.3. The Morgan fingerprint density at radius 3 is 2.80 bits per heavy atom. The highest BCUT2D eigenvalue weighted by Gasteiger charge is 2.52. The molecule has 2 fully saturated rings. The van der Waals surface area contributed by atoms with E-state index in [1.54, 1.807) is 12.1 Å². The average Bonchev–Trinajstić information content (AvgIpc) is 2.75. The lowest BCUT2D eigenvalue weighted by Crippen LogP contribution is -2.58. The highest BCUT2D eigenvalue weighted by atomic mass is 16.6. The van der Waals surface area contributed by atoms with Crippen molar-refractivity contribution < 1.29 is 14.6 Å². The number of hydrogen-bond donors (Lipinski definition) is 1. The van der Waals surface area contributed by atoms with E-state index in [0.717, 1.165) is 25.7 Å². The Balaban J connectivity index is 1.81. The van der Waals surface area contributed by atoms with Gasteiger partial charge in [-0.05, 0) is 44.9 Å². The molecule has 1 aromatic carbocycles. The number of carbonyl (C=O) groups excluding carboxylic acids is 1. The summed E-state index contributed by atoms with van der Waals surface area (Å²) in [5.41, 5.74) is -0.197. The van der Waals surface area contributed by atoms with Crippen LogP contribution in [0.1, 0.15) is 36.0 Å². The number of aliphatic hydroxyl groups is 1. The van der Waals surface area contributed by atoms with Crippen molar-refractivity contribution in [3.8, 4) is 0 Å². The molecule has 2 aliphatic rings. The molecule has 2 saturated heterocycles. The number of likely N-dealkylation sites (N-methyl/N-ethyl adjacent to an activating group) is 1. The number of piperidine rings is 1. The van der Waals surface area contributed by atoms with E-state index in [1.165, 1.54) is 0 Å². The van der Waals surface area contributed by atoms with E-state index in [2.05, 4.69) is 11.9 Å². The predicted octanol–water partition coefficient (Wildman–Crippen LogP) is 1.83. The molecule has 108 valence electrons. The van der Waals surface area contributed by atoms with Gasteiger partial charge in [0.2, 0.25) is 0 Å². The highest BCUT2D eigenvalue weighted by molar-refractivity contribution is 5.89. The Kier molecular flexibility index (Phi) is 3.52. The van der Waals surface area contributed by atoms with Gasteiger partial charge in [-0.25, -0.2) is 4.79 Å². The van der Waals surface area contributed by atoms with Gasteiger partial charge in [0.25, 0.3) is 0 Å². The van der Waals surface area contributed by atoms with Crippen molar-refractivity contribution in [1.82, 2.24) is 4.90 Å². The second-order valence-electron chi connectivity index (χ2n) is 5.93. The Hall–Kier alpha value is -1.39. The fourth-order valence-corrected chi connectivity index (χ4v) is 3.73. The van der Waals surface area contributed by atoms with Crippen molar-refractivity contribution in [2.75, 3.05) is 13.7 Å². The van der Waals surface area contributed by atoms with Crippen LogP contribution in [-0.2, 0) is 4.74 Å². The van der Waals surface area contributed by atoms with Crippen LogP contribution in [0.2, 0.25) is 0 Å². The molecule has 3 rings (SSSR count). The van der Waals surface area contributed by atoms with Crippen LogP contribution in [0, 0.1) is 0 Å². The van der Waals surface area contributed by atoms with E-state index >= 15 is 0 Å². The third-order valence-corrected chi connectivity index (χ3v) is 4.92. The van der Waals surface area contributed by atoms with E-state index in [0.29, 0.717) is 11.6 Å². The smallest absolute Gasteiger partial charge is 0.338 e. The summed E-state index contributed by atoms with van der Waals surface area (Å²) in [6.07, 6.45) is 3.85. The first-order valence-electron chi connectivity index (χ1n) is 7.27. The van der Waals surface area contributed by atoms with Gasteiger partial charge in [-0.15, -0.1) is 0 Å². The van der Waals surface area contributed by atoms with E-state index < -0.39 is 5.60 Å². The first kappa shape index (κ1) is 13.6. The average molecular weight is 275 g/mol. The van der Waals surface area contributed by atoms with Crippen LogP contribution < -0.4 is 0 Å². The lowest BCUT2D eigenvalue weighted by molar-refractivity contribution is -0.110. The van der Waals surface area contributed by atoms with E-state index in [-0.39, 0.29) is 18.6 Å². The molecular formula is C16H21NO3. The quantitative estimate of drug-likeness (QED) is 0.855. The number of rotatable bonds is 3. The van der Waals surface area contributed by atoms with Gasteiger partial charge in [0, 0.05) is 6.04 Å². The molecule has 3 atom stereocenters. The molecule has 0 amide bonds. The maximum absolute atomic E-state index is 12.3. The number of esters is 1. The Morgan fingerprint density at radius 1 is 1.35 bits per heavy atom. The second kappa shape index (κ2) is 5.19. The van der Waals surface area contributed by atoms with Crippen LogP contribution in [0.5, 0.6) is 0 Å². The molecule has 4 heteroatoms. The van der Waals surface area contributed by atoms with Crippen molar-refractivity contribution in [1.29, 1.82) is 0 Å². The van der Waals surface area contributed by atoms with Gasteiger partial charge < -0.3 is 9.84 Å². The summed E-state index contributed by atoms with van der Waals surface area (Å²) < 4.78 is 5.78. The van der Waals surface area contributed by atoms with E-state index in [9.17, 15) is 9.90 Å². The molecule has 3 unspecified atom stereocenters. The molecule has 0 saturated carbocycles. The highest BCUT2D eigenvalue weighted by Crippen LogP contribution is 2.42. The van der Waals surface area contributed by atoms with Gasteiger partial charge in [0.15, 0.2) is 5.60 Å². The summed E-state index contributed by atoms with van der Waals surface area (Å²) >= 11 is 0. The van der Waals surface area contributed by atoms with Crippen LogP contribution in [0.25, 0.3) is 0 Å². The molecule has 2 aliphatic heterocycles. The van der Waals surface area contributed by atoms with Crippen LogP contribution in [-0.4, -0.2) is 47.3 Å². The fourth-order valence-electron chi connectivity index (χ4n) is 3.73.